The summed E-state index contributed by atoms with van der Waals surface area (Å²) in [5.74, 6) is -0.143. The maximum atomic E-state index is 11.8. The minimum atomic E-state index is -0.562. The Morgan fingerprint density at radius 1 is 0.963 bits per heavy atom. The smallest absolute Gasteiger partial charge is 0.276 e. The molecule has 27 heavy (non-hydrogen) atoms. The van der Waals surface area contributed by atoms with Crippen molar-refractivity contribution >= 4 is 50.9 Å². The molecular formula is C18H17BrCl2N2O4. The van der Waals surface area contributed by atoms with Crippen molar-refractivity contribution in [3.8, 4) is 11.5 Å². The highest BCUT2D eigenvalue weighted by Gasteiger charge is 2.12. The SMILES string of the molecule is Cc1cccc(C)c1OCC(=O)NNC(=O)COc1c(Cl)cc(Cl)cc1Br. The molecule has 0 atom stereocenters. The standard InChI is InChI=1S/C18H17BrCl2N2O4/c1-10-4-3-5-11(2)17(10)26-8-15(24)22-23-16(25)9-27-18-13(19)6-12(20)7-14(18)21/h3-7H,8-9H2,1-2H3,(H,22,24)(H,23,25). The Morgan fingerprint density at radius 3 is 2.00 bits per heavy atom. The quantitative estimate of drug-likeness (QED) is 0.619. The number of rotatable bonds is 6. The molecule has 0 aliphatic carbocycles. The van der Waals surface area contributed by atoms with Gasteiger partial charge in [0.25, 0.3) is 11.8 Å². The maximum absolute atomic E-state index is 11.8. The highest BCUT2D eigenvalue weighted by atomic mass is 79.9. The summed E-state index contributed by atoms with van der Waals surface area (Å²) in [6.45, 7) is 3.19. The number of amides is 2. The zero-order chi connectivity index (χ0) is 20.0. The molecule has 0 saturated heterocycles. The summed E-state index contributed by atoms with van der Waals surface area (Å²) in [5.41, 5.74) is 6.34. The minimum Gasteiger partial charge on any atom is -0.483 e. The van der Waals surface area contributed by atoms with Crippen LogP contribution >= 0.6 is 39.1 Å². The number of ether oxygens (including phenoxy) is 2. The molecule has 0 aromatic heterocycles. The summed E-state index contributed by atoms with van der Waals surface area (Å²) in [6, 6.07) is 8.77. The van der Waals surface area contributed by atoms with Gasteiger partial charge in [0.2, 0.25) is 0 Å². The van der Waals surface area contributed by atoms with Crippen molar-refractivity contribution in [1.82, 2.24) is 10.9 Å². The lowest BCUT2D eigenvalue weighted by molar-refractivity contribution is -0.131. The molecule has 0 spiro atoms. The molecule has 0 aliphatic rings. The van der Waals surface area contributed by atoms with E-state index in [0.29, 0.717) is 15.2 Å². The second-order valence-electron chi connectivity index (χ2n) is 5.59. The molecule has 144 valence electrons. The van der Waals surface area contributed by atoms with Crippen LogP contribution in [0.1, 0.15) is 11.1 Å². The number of carbonyl (C=O) groups excluding carboxylic acids is 2. The fourth-order valence-electron chi connectivity index (χ4n) is 2.18. The van der Waals surface area contributed by atoms with Crippen LogP contribution in [0.2, 0.25) is 10.0 Å². The van der Waals surface area contributed by atoms with Crippen molar-refractivity contribution in [3.05, 3.63) is 56.0 Å². The van der Waals surface area contributed by atoms with Crippen molar-refractivity contribution in [2.45, 2.75) is 13.8 Å². The van der Waals surface area contributed by atoms with E-state index in [1.54, 1.807) is 6.07 Å². The van der Waals surface area contributed by atoms with Gasteiger partial charge in [-0.1, -0.05) is 41.4 Å². The predicted molar refractivity (Wildman–Crippen MR) is 107 cm³/mol. The first-order chi connectivity index (χ1) is 12.8. The fourth-order valence-corrected chi connectivity index (χ4v) is 3.55. The molecule has 2 amide bonds. The Morgan fingerprint density at radius 2 is 1.48 bits per heavy atom. The summed E-state index contributed by atoms with van der Waals surface area (Å²) >= 11 is 15.1. The second-order valence-corrected chi connectivity index (χ2v) is 7.29. The van der Waals surface area contributed by atoms with Gasteiger partial charge in [-0.25, -0.2) is 0 Å². The molecule has 0 heterocycles. The number of hydrogen-bond acceptors (Lipinski definition) is 4. The van der Waals surface area contributed by atoms with Gasteiger partial charge in [0.1, 0.15) is 5.75 Å². The molecule has 0 unspecified atom stereocenters. The van der Waals surface area contributed by atoms with E-state index in [-0.39, 0.29) is 24.0 Å². The number of benzene rings is 2. The molecule has 0 fully saturated rings. The summed E-state index contributed by atoms with van der Waals surface area (Å²) in [5, 5.41) is 0.688. The minimum absolute atomic E-state index is 0.235. The van der Waals surface area contributed by atoms with E-state index in [4.69, 9.17) is 32.7 Å². The summed E-state index contributed by atoms with van der Waals surface area (Å²) in [7, 11) is 0. The predicted octanol–water partition coefficient (Wildman–Crippen LogP) is 3.98. The molecular weight excluding hydrogens is 459 g/mol. The summed E-state index contributed by atoms with van der Waals surface area (Å²) in [6.07, 6.45) is 0. The van der Waals surface area contributed by atoms with E-state index < -0.39 is 11.8 Å². The molecule has 2 N–H and O–H groups in total. The van der Waals surface area contributed by atoms with Crippen molar-refractivity contribution < 1.29 is 19.1 Å². The van der Waals surface area contributed by atoms with Crippen LogP contribution in [0.25, 0.3) is 0 Å². The summed E-state index contributed by atoms with van der Waals surface area (Å²) < 4.78 is 11.4. The van der Waals surface area contributed by atoms with Gasteiger partial charge in [0.05, 0.1) is 9.50 Å². The third-order valence-corrected chi connectivity index (χ3v) is 4.50. The Labute approximate surface area is 175 Å². The normalized spacial score (nSPS) is 10.3. The monoisotopic (exact) mass is 474 g/mol. The van der Waals surface area contributed by atoms with E-state index in [1.807, 2.05) is 32.0 Å². The number of hydrogen-bond donors (Lipinski definition) is 2. The van der Waals surface area contributed by atoms with Crippen LogP contribution in [0.5, 0.6) is 11.5 Å². The largest absolute Gasteiger partial charge is 0.483 e. The molecule has 2 rings (SSSR count). The lowest BCUT2D eigenvalue weighted by Gasteiger charge is -2.13. The van der Waals surface area contributed by atoms with Crippen molar-refractivity contribution in [2.75, 3.05) is 13.2 Å². The molecule has 2 aromatic rings. The Kier molecular flexibility index (Phi) is 7.77. The highest BCUT2D eigenvalue weighted by molar-refractivity contribution is 9.10. The van der Waals surface area contributed by atoms with Crippen LogP contribution in [0.3, 0.4) is 0 Å². The molecule has 0 radical (unpaired) electrons. The van der Waals surface area contributed by atoms with Gasteiger partial charge in [0, 0.05) is 5.02 Å². The number of para-hydroxylation sites is 1. The van der Waals surface area contributed by atoms with Crippen LogP contribution < -0.4 is 20.3 Å². The number of halogens is 3. The number of hydrazine groups is 1. The molecule has 0 bridgehead atoms. The Bertz CT molecular complexity index is 818. The average molecular weight is 476 g/mol. The maximum Gasteiger partial charge on any atom is 0.276 e. The zero-order valence-corrected chi connectivity index (χ0v) is 17.7. The van der Waals surface area contributed by atoms with Crippen LogP contribution in [0.15, 0.2) is 34.8 Å². The Hall–Kier alpha value is -1.96. The zero-order valence-electron chi connectivity index (χ0n) is 14.6. The van der Waals surface area contributed by atoms with Gasteiger partial charge in [-0.2, -0.15) is 0 Å². The van der Waals surface area contributed by atoms with Gasteiger partial charge < -0.3 is 9.47 Å². The van der Waals surface area contributed by atoms with Gasteiger partial charge in [-0.3, -0.25) is 20.4 Å². The van der Waals surface area contributed by atoms with E-state index >= 15 is 0 Å². The van der Waals surface area contributed by atoms with Crippen LogP contribution in [0.4, 0.5) is 0 Å². The van der Waals surface area contributed by atoms with Gasteiger partial charge in [0.15, 0.2) is 19.0 Å². The molecule has 2 aromatic carbocycles. The first-order valence-electron chi connectivity index (χ1n) is 7.82. The number of carbonyl (C=O) groups is 2. The molecule has 6 nitrogen and oxygen atoms in total. The van der Waals surface area contributed by atoms with Crippen molar-refractivity contribution in [1.29, 1.82) is 0 Å². The van der Waals surface area contributed by atoms with Gasteiger partial charge in [-0.15, -0.1) is 0 Å². The van der Waals surface area contributed by atoms with Gasteiger partial charge in [-0.05, 0) is 53.0 Å². The average Bonchev–Trinajstić information content (AvgIpc) is 2.58. The Balaban J connectivity index is 1.78. The lowest BCUT2D eigenvalue weighted by atomic mass is 10.1. The summed E-state index contributed by atoms with van der Waals surface area (Å²) in [4.78, 5) is 23.6. The fraction of sp³-hybridized carbons (Fsp3) is 0.222. The number of nitrogens with one attached hydrogen (secondary N) is 2. The number of aryl methyl sites for hydroxylation is 2. The highest BCUT2D eigenvalue weighted by Crippen LogP contribution is 2.35. The molecule has 0 saturated carbocycles. The third-order valence-electron chi connectivity index (χ3n) is 3.41. The topological polar surface area (TPSA) is 76.7 Å². The molecule has 9 heteroatoms. The first kappa shape index (κ1) is 21.3. The van der Waals surface area contributed by atoms with Crippen LogP contribution in [0, 0.1) is 13.8 Å². The lowest BCUT2D eigenvalue weighted by Crippen LogP contribution is -2.45. The van der Waals surface area contributed by atoms with Gasteiger partial charge >= 0.3 is 0 Å². The van der Waals surface area contributed by atoms with Crippen LogP contribution in [-0.4, -0.2) is 25.0 Å². The first-order valence-corrected chi connectivity index (χ1v) is 9.37. The van der Waals surface area contributed by atoms with Crippen molar-refractivity contribution in [3.63, 3.8) is 0 Å². The van der Waals surface area contributed by atoms with E-state index in [1.165, 1.54) is 6.07 Å². The van der Waals surface area contributed by atoms with Crippen molar-refractivity contribution in [2.24, 2.45) is 0 Å². The molecule has 0 aliphatic heterocycles. The van der Waals surface area contributed by atoms with E-state index in [9.17, 15) is 9.59 Å². The van der Waals surface area contributed by atoms with E-state index in [0.717, 1.165) is 11.1 Å². The third kappa shape index (κ3) is 6.30. The van der Waals surface area contributed by atoms with E-state index in [2.05, 4.69) is 26.8 Å². The van der Waals surface area contributed by atoms with Crippen LogP contribution in [-0.2, 0) is 9.59 Å². The second kappa shape index (κ2) is 9.82.